The molecule has 0 radical (unpaired) electrons. The predicted molar refractivity (Wildman–Crippen MR) is 109 cm³/mol. The molecule has 4 aromatic rings. The fourth-order valence-electron chi connectivity index (χ4n) is 3.31. The molecule has 2 aromatic carbocycles. The van der Waals surface area contributed by atoms with E-state index < -0.39 is 0 Å². The lowest BCUT2D eigenvalue weighted by Gasteiger charge is -2.16. The van der Waals surface area contributed by atoms with Crippen molar-refractivity contribution >= 4 is 16.7 Å². The molecule has 4 rings (SSSR count). The van der Waals surface area contributed by atoms with Crippen LogP contribution in [0.2, 0.25) is 0 Å². The van der Waals surface area contributed by atoms with Gasteiger partial charge in [0.2, 0.25) is 0 Å². The summed E-state index contributed by atoms with van der Waals surface area (Å²) in [6.07, 6.45) is 2.06. The normalized spacial score (nSPS) is 12.3. The Morgan fingerprint density at radius 3 is 2.70 bits per heavy atom. The molecule has 0 saturated heterocycles. The van der Waals surface area contributed by atoms with Gasteiger partial charge >= 0.3 is 0 Å². The second-order valence-corrected chi connectivity index (χ2v) is 6.85. The molecule has 2 heterocycles. The Kier molecular flexibility index (Phi) is 4.28. The first-order valence-electron chi connectivity index (χ1n) is 8.96. The minimum atomic E-state index is 0.00889. The Hall–Kier alpha value is -3.34. The summed E-state index contributed by atoms with van der Waals surface area (Å²) in [6.45, 7) is 3.94. The number of hydrogen-bond acceptors (Lipinski definition) is 4. The van der Waals surface area contributed by atoms with Crippen LogP contribution in [0.25, 0.3) is 22.2 Å². The van der Waals surface area contributed by atoms with Gasteiger partial charge in [-0.1, -0.05) is 24.3 Å². The van der Waals surface area contributed by atoms with E-state index in [9.17, 15) is 5.11 Å². The minimum absolute atomic E-state index is 0.00889. The number of phenols is 1. The maximum absolute atomic E-state index is 9.70. The molecule has 0 amide bonds. The summed E-state index contributed by atoms with van der Waals surface area (Å²) in [5, 5.41) is 14.3. The number of aryl methyl sites for hydroxylation is 2. The predicted octanol–water partition coefficient (Wildman–Crippen LogP) is 4.82. The van der Waals surface area contributed by atoms with Gasteiger partial charge < -0.3 is 15.0 Å². The third-order valence-electron chi connectivity index (χ3n) is 4.76. The van der Waals surface area contributed by atoms with Crippen LogP contribution in [0.1, 0.15) is 24.4 Å². The van der Waals surface area contributed by atoms with E-state index in [2.05, 4.69) is 50.3 Å². The van der Waals surface area contributed by atoms with Crippen molar-refractivity contribution in [2.45, 2.75) is 19.9 Å². The van der Waals surface area contributed by atoms with Gasteiger partial charge in [-0.15, -0.1) is 0 Å². The number of nitrogens with one attached hydrogen (secondary N) is 1. The van der Waals surface area contributed by atoms with Crippen LogP contribution < -0.4 is 5.32 Å². The van der Waals surface area contributed by atoms with Gasteiger partial charge in [0.15, 0.2) is 0 Å². The van der Waals surface area contributed by atoms with E-state index in [1.165, 1.54) is 10.9 Å². The van der Waals surface area contributed by atoms with Crippen molar-refractivity contribution in [2.75, 3.05) is 5.32 Å². The summed E-state index contributed by atoms with van der Waals surface area (Å²) in [7, 11) is 2.04. The van der Waals surface area contributed by atoms with E-state index in [1.54, 1.807) is 12.1 Å². The first-order chi connectivity index (χ1) is 13.0. The fraction of sp³-hybridized carbons (Fsp3) is 0.182. The van der Waals surface area contributed by atoms with Gasteiger partial charge in [-0.25, -0.2) is 9.97 Å². The zero-order valence-electron chi connectivity index (χ0n) is 15.6. The SMILES string of the molecule is Cc1nc(NC(C)c2cccc(O)c2)cc(-c2ccc3ccn(C)c3c2)n1. The number of nitrogens with zero attached hydrogens (tertiary/aromatic N) is 3. The van der Waals surface area contributed by atoms with E-state index in [-0.39, 0.29) is 11.8 Å². The molecule has 0 spiro atoms. The molecule has 1 atom stereocenters. The average molecular weight is 358 g/mol. The molecule has 1 unspecified atom stereocenters. The van der Waals surface area contributed by atoms with Crippen LogP contribution in [0, 0.1) is 6.92 Å². The topological polar surface area (TPSA) is 63.0 Å². The standard InChI is InChI=1S/C22H22N4O/c1-14(17-5-4-6-19(27)11-17)23-22-13-20(24-15(2)25-22)18-8-7-16-9-10-26(3)21(16)12-18/h4-14,27H,1-3H3,(H,23,24,25). The molecule has 0 aliphatic carbocycles. The molecule has 0 aliphatic rings. The number of anilines is 1. The van der Waals surface area contributed by atoms with Crippen LogP contribution in [0.3, 0.4) is 0 Å². The lowest BCUT2D eigenvalue weighted by atomic mass is 10.1. The molecular formula is C22H22N4O. The van der Waals surface area contributed by atoms with Gasteiger partial charge in [0.1, 0.15) is 17.4 Å². The van der Waals surface area contributed by atoms with Gasteiger partial charge in [0, 0.05) is 30.4 Å². The highest BCUT2D eigenvalue weighted by Crippen LogP contribution is 2.27. The van der Waals surface area contributed by atoms with Gasteiger partial charge in [-0.05, 0) is 49.1 Å². The van der Waals surface area contributed by atoms with Crippen molar-refractivity contribution in [1.82, 2.24) is 14.5 Å². The molecular weight excluding hydrogens is 336 g/mol. The lowest BCUT2D eigenvalue weighted by molar-refractivity contribution is 0.474. The van der Waals surface area contributed by atoms with Crippen molar-refractivity contribution < 1.29 is 5.11 Å². The van der Waals surface area contributed by atoms with Gasteiger partial charge in [0.05, 0.1) is 11.7 Å². The molecule has 2 aromatic heterocycles. The summed E-state index contributed by atoms with van der Waals surface area (Å²) in [6, 6.07) is 17.7. The second-order valence-electron chi connectivity index (χ2n) is 6.85. The smallest absolute Gasteiger partial charge is 0.130 e. The molecule has 27 heavy (non-hydrogen) atoms. The average Bonchev–Trinajstić information content (AvgIpc) is 3.02. The quantitative estimate of drug-likeness (QED) is 0.549. The molecule has 5 heteroatoms. The molecule has 2 N–H and O–H groups in total. The Labute approximate surface area is 158 Å². The van der Waals surface area contributed by atoms with Crippen LogP contribution in [0.5, 0.6) is 5.75 Å². The summed E-state index contributed by atoms with van der Waals surface area (Å²) < 4.78 is 2.11. The van der Waals surface area contributed by atoms with Crippen LogP contribution in [-0.2, 0) is 7.05 Å². The summed E-state index contributed by atoms with van der Waals surface area (Å²) in [5.41, 5.74) is 4.11. The highest BCUT2D eigenvalue weighted by atomic mass is 16.3. The van der Waals surface area contributed by atoms with E-state index in [0.717, 1.165) is 22.6 Å². The number of aromatic nitrogens is 3. The summed E-state index contributed by atoms with van der Waals surface area (Å²) >= 11 is 0. The van der Waals surface area contributed by atoms with Crippen LogP contribution in [0.15, 0.2) is 60.8 Å². The Balaban J connectivity index is 1.67. The molecule has 0 saturated carbocycles. The van der Waals surface area contributed by atoms with Crippen LogP contribution in [0.4, 0.5) is 5.82 Å². The monoisotopic (exact) mass is 358 g/mol. The third-order valence-corrected chi connectivity index (χ3v) is 4.76. The van der Waals surface area contributed by atoms with E-state index >= 15 is 0 Å². The zero-order chi connectivity index (χ0) is 19.0. The van der Waals surface area contributed by atoms with Gasteiger partial charge in [0.25, 0.3) is 0 Å². The highest BCUT2D eigenvalue weighted by molar-refractivity contribution is 5.85. The number of fused-ring (bicyclic) bond motifs is 1. The van der Waals surface area contributed by atoms with Gasteiger partial charge in [-0.3, -0.25) is 0 Å². The van der Waals surface area contributed by atoms with Crippen molar-refractivity contribution in [1.29, 1.82) is 0 Å². The first kappa shape index (κ1) is 17.1. The van der Waals surface area contributed by atoms with Crippen molar-refractivity contribution in [2.24, 2.45) is 7.05 Å². The van der Waals surface area contributed by atoms with E-state index in [1.807, 2.05) is 39.1 Å². The molecule has 0 fully saturated rings. The van der Waals surface area contributed by atoms with Crippen molar-refractivity contribution in [3.8, 4) is 17.0 Å². The van der Waals surface area contributed by atoms with Crippen LogP contribution >= 0.6 is 0 Å². The molecule has 0 bridgehead atoms. The Morgan fingerprint density at radius 2 is 1.89 bits per heavy atom. The Morgan fingerprint density at radius 1 is 1.04 bits per heavy atom. The Bertz CT molecular complexity index is 1120. The highest BCUT2D eigenvalue weighted by Gasteiger charge is 2.10. The third kappa shape index (κ3) is 3.49. The minimum Gasteiger partial charge on any atom is -0.508 e. The number of hydrogen-bond donors (Lipinski definition) is 2. The zero-order valence-corrected chi connectivity index (χ0v) is 15.6. The van der Waals surface area contributed by atoms with Gasteiger partial charge in [-0.2, -0.15) is 0 Å². The largest absolute Gasteiger partial charge is 0.508 e. The molecule has 5 nitrogen and oxygen atoms in total. The second kappa shape index (κ2) is 6.76. The maximum Gasteiger partial charge on any atom is 0.130 e. The fourth-order valence-corrected chi connectivity index (χ4v) is 3.31. The van der Waals surface area contributed by atoms with Crippen molar-refractivity contribution in [3.63, 3.8) is 0 Å². The lowest BCUT2D eigenvalue weighted by Crippen LogP contribution is -2.09. The number of aromatic hydroxyl groups is 1. The number of rotatable bonds is 4. The van der Waals surface area contributed by atoms with E-state index in [4.69, 9.17) is 0 Å². The molecule has 0 aliphatic heterocycles. The summed E-state index contributed by atoms with van der Waals surface area (Å²) in [5.74, 6) is 1.74. The number of benzene rings is 2. The maximum atomic E-state index is 9.70. The first-order valence-corrected chi connectivity index (χ1v) is 8.96. The van der Waals surface area contributed by atoms with Crippen LogP contribution in [-0.4, -0.2) is 19.6 Å². The van der Waals surface area contributed by atoms with E-state index in [0.29, 0.717) is 5.82 Å². The number of phenolic OH excluding ortho intramolecular Hbond substituents is 1. The summed E-state index contributed by atoms with van der Waals surface area (Å²) in [4.78, 5) is 9.15. The van der Waals surface area contributed by atoms with Crippen molar-refractivity contribution in [3.05, 3.63) is 72.2 Å². The molecule has 136 valence electrons.